The van der Waals surface area contributed by atoms with Crippen molar-refractivity contribution in [3.63, 3.8) is 0 Å². The van der Waals surface area contributed by atoms with Gasteiger partial charge in [-0.2, -0.15) is 0 Å². The zero-order valence-corrected chi connectivity index (χ0v) is 10.1. The molecule has 2 aliphatic heterocycles. The van der Waals surface area contributed by atoms with E-state index in [1.165, 1.54) is 0 Å². The number of fused-ring (bicyclic) bond motifs is 1. The van der Waals surface area contributed by atoms with Gasteiger partial charge in [0, 0.05) is 24.3 Å². The van der Waals surface area contributed by atoms with Crippen LogP contribution >= 0.6 is 0 Å². The Balaban J connectivity index is 1.88. The van der Waals surface area contributed by atoms with Gasteiger partial charge in [-0.1, -0.05) is 13.0 Å². The van der Waals surface area contributed by atoms with Crippen molar-refractivity contribution in [1.29, 1.82) is 0 Å². The van der Waals surface area contributed by atoms with Crippen molar-refractivity contribution in [2.24, 2.45) is 11.8 Å². The fraction of sp³-hybridized carbons (Fsp3) is 0.769. The smallest absolute Gasteiger partial charge is 0.334 e. The molecule has 0 radical (unpaired) electrons. The van der Waals surface area contributed by atoms with Gasteiger partial charge < -0.3 is 14.2 Å². The Kier molecular flexibility index (Phi) is 2.71. The first-order chi connectivity index (χ1) is 8.19. The Morgan fingerprint density at radius 2 is 2.06 bits per heavy atom. The van der Waals surface area contributed by atoms with Crippen molar-refractivity contribution in [2.45, 2.75) is 32.0 Å². The summed E-state index contributed by atoms with van der Waals surface area (Å²) >= 11 is 0. The molecule has 0 aromatic heterocycles. The van der Waals surface area contributed by atoms with Crippen molar-refractivity contribution in [3.8, 4) is 0 Å². The van der Waals surface area contributed by atoms with E-state index < -0.39 is 5.79 Å². The molecule has 94 valence electrons. The molecule has 0 N–H and O–H groups in total. The van der Waals surface area contributed by atoms with Gasteiger partial charge in [0.2, 0.25) is 0 Å². The highest BCUT2D eigenvalue weighted by Gasteiger charge is 2.45. The molecule has 4 heteroatoms. The standard InChI is InChI=1S/C13H18O4/c1-9-2-3-11-10(8-15-12(11)14)7-13(6-9)16-4-5-17-13/h3,9-10H,2,4-8H2,1H3/t9-,10+/m1/s1. The topological polar surface area (TPSA) is 44.8 Å². The van der Waals surface area contributed by atoms with Crippen molar-refractivity contribution in [1.82, 2.24) is 0 Å². The number of hydrogen-bond acceptors (Lipinski definition) is 4. The second-order valence-corrected chi connectivity index (χ2v) is 5.31. The maximum atomic E-state index is 11.6. The molecule has 0 unspecified atom stereocenters. The molecule has 0 amide bonds. The van der Waals surface area contributed by atoms with Crippen LogP contribution in [-0.2, 0) is 19.0 Å². The van der Waals surface area contributed by atoms with E-state index >= 15 is 0 Å². The van der Waals surface area contributed by atoms with Gasteiger partial charge in [-0.25, -0.2) is 4.79 Å². The maximum absolute atomic E-state index is 11.6. The number of carbonyl (C=O) groups excluding carboxylic acids is 1. The average Bonchev–Trinajstić information content (AvgIpc) is 2.84. The minimum atomic E-state index is -0.475. The Hall–Kier alpha value is -0.870. The Bertz CT molecular complexity index is 354. The number of ether oxygens (including phenoxy) is 3. The van der Waals surface area contributed by atoms with Crippen LogP contribution < -0.4 is 0 Å². The summed E-state index contributed by atoms with van der Waals surface area (Å²) in [6.07, 6.45) is 4.60. The molecule has 17 heavy (non-hydrogen) atoms. The summed E-state index contributed by atoms with van der Waals surface area (Å²) < 4.78 is 16.8. The lowest BCUT2D eigenvalue weighted by molar-refractivity contribution is -0.180. The number of hydrogen-bond donors (Lipinski definition) is 0. The summed E-state index contributed by atoms with van der Waals surface area (Å²) in [5.74, 6) is -0.0160. The van der Waals surface area contributed by atoms with Crippen molar-refractivity contribution in [2.75, 3.05) is 19.8 Å². The van der Waals surface area contributed by atoms with Gasteiger partial charge in [0.1, 0.15) is 0 Å². The van der Waals surface area contributed by atoms with Gasteiger partial charge in [0.25, 0.3) is 0 Å². The quantitative estimate of drug-likeness (QED) is 0.602. The molecule has 1 aliphatic carbocycles. The fourth-order valence-corrected chi connectivity index (χ4v) is 3.07. The summed E-state index contributed by atoms with van der Waals surface area (Å²) in [5.41, 5.74) is 0.829. The molecule has 3 aliphatic rings. The zero-order chi connectivity index (χ0) is 11.9. The van der Waals surface area contributed by atoms with E-state index in [9.17, 15) is 4.79 Å². The molecule has 0 bridgehead atoms. The summed E-state index contributed by atoms with van der Waals surface area (Å²) in [6, 6.07) is 0. The Morgan fingerprint density at radius 3 is 2.82 bits per heavy atom. The van der Waals surface area contributed by atoms with E-state index in [0.29, 0.717) is 25.7 Å². The molecule has 2 atom stereocenters. The minimum absolute atomic E-state index is 0.146. The number of allylic oxidation sites excluding steroid dienone is 1. The second kappa shape index (κ2) is 4.10. The van der Waals surface area contributed by atoms with Crippen LogP contribution in [0.5, 0.6) is 0 Å². The van der Waals surface area contributed by atoms with E-state index in [2.05, 4.69) is 6.92 Å². The average molecular weight is 238 g/mol. The normalized spacial score (nSPS) is 36.1. The summed E-state index contributed by atoms with van der Waals surface area (Å²) in [6.45, 7) is 3.97. The monoisotopic (exact) mass is 238 g/mol. The third-order valence-corrected chi connectivity index (χ3v) is 3.86. The van der Waals surface area contributed by atoms with Crippen LogP contribution in [0.3, 0.4) is 0 Å². The maximum Gasteiger partial charge on any atom is 0.334 e. The predicted octanol–water partition coefficient (Wildman–Crippen LogP) is 1.65. The Morgan fingerprint density at radius 1 is 1.29 bits per heavy atom. The highest BCUT2D eigenvalue weighted by atomic mass is 16.7. The van der Waals surface area contributed by atoms with Crippen molar-refractivity contribution < 1.29 is 19.0 Å². The van der Waals surface area contributed by atoms with Gasteiger partial charge >= 0.3 is 5.97 Å². The first-order valence-electron chi connectivity index (χ1n) is 6.34. The lowest BCUT2D eigenvalue weighted by atomic mass is 9.84. The third-order valence-electron chi connectivity index (χ3n) is 3.86. The van der Waals surface area contributed by atoms with Crippen LogP contribution in [0.15, 0.2) is 11.6 Å². The van der Waals surface area contributed by atoms with E-state index in [0.717, 1.165) is 24.8 Å². The first-order valence-corrected chi connectivity index (χ1v) is 6.34. The number of carbonyl (C=O) groups is 1. The van der Waals surface area contributed by atoms with Crippen molar-refractivity contribution in [3.05, 3.63) is 11.6 Å². The van der Waals surface area contributed by atoms with Crippen LogP contribution in [0, 0.1) is 11.8 Å². The van der Waals surface area contributed by atoms with Gasteiger partial charge in [-0.15, -0.1) is 0 Å². The predicted molar refractivity (Wildman–Crippen MR) is 60.2 cm³/mol. The van der Waals surface area contributed by atoms with E-state index in [4.69, 9.17) is 14.2 Å². The molecular weight excluding hydrogens is 220 g/mol. The fourth-order valence-electron chi connectivity index (χ4n) is 3.07. The molecule has 2 fully saturated rings. The largest absolute Gasteiger partial charge is 0.462 e. The van der Waals surface area contributed by atoms with Crippen LogP contribution in [0.2, 0.25) is 0 Å². The molecular formula is C13H18O4. The van der Waals surface area contributed by atoms with Gasteiger partial charge in [0.15, 0.2) is 5.79 Å². The molecule has 0 aromatic carbocycles. The van der Waals surface area contributed by atoms with Crippen LogP contribution in [0.1, 0.15) is 26.2 Å². The number of rotatable bonds is 0. The lowest BCUT2D eigenvalue weighted by Gasteiger charge is -2.33. The van der Waals surface area contributed by atoms with E-state index in [1.807, 2.05) is 6.08 Å². The minimum Gasteiger partial charge on any atom is -0.462 e. The molecule has 3 rings (SSSR count). The molecule has 1 spiro atoms. The Labute approximate surface area is 101 Å². The first kappa shape index (κ1) is 11.2. The molecule has 0 saturated carbocycles. The highest BCUT2D eigenvalue weighted by molar-refractivity contribution is 5.91. The van der Waals surface area contributed by atoms with Crippen LogP contribution in [-0.4, -0.2) is 31.6 Å². The van der Waals surface area contributed by atoms with Gasteiger partial charge in [0.05, 0.1) is 19.8 Å². The van der Waals surface area contributed by atoms with Gasteiger partial charge in [-0.05, 0) is 12.3 Å². The zero-order valence-electron chi connectivity index (χ0n) is 10.1. The van der Waals surface area contributed by atoms with Gasteiger partial charge in [-0.3, -0.25) is 0 Å². The number of esters is 1. The SMILES string of the molecule is C[C@@H]1CC=C2C(=O)OC[C@@H]2CC2(C1)OCCO2. The molecule has 4 nitrogen and oxygen atoms in total. The van der Waals surface area contributed by atoms with Crippen LogP contribution in [0.4, 0.5) is 0 Å². The van der Waals surface area contributed by atoms with E-state index in [1.54, 1.807) is 0 Å². The molecule has 2 heterocycles. The van der Waals surface area contributed by atoms with Crippen molar-refractivity contribution >= 4 is 5.97 Å². The summed E-state index contributed by atoms with van der Waals surface area (Å²) in [5, 5.41) is 0. The van der Waals surface area contributed by atoms with Crippen LogP contribution in [0.25, 0.3) is 0 Å². The summed E-state index contributed by atoms with van der Waals surface area (Å²) in [7, 11) is 0. The van der Waals surface area contributed by atoms with E-state index in [-0.39, 0.29) is 11.9 Å². The summed E-state index contributed by atoms with van der Waals surface area (Å²) in [4.78, 5) is 11.6. The number of cyclic esters (lactones) is 1. The third kappa shape index (κ3) is 2.00. The lowest BCUT2D eigenvalue weighted by Crippen LogP contribution is -2.36. The molecule has 0 aromatic rings. The second-order valence-electron chi connectivity index (χ2n) is 5.31. The highest BCUT2D eigenvalue weighted by Crippen LogP contribution is 2.40. The molecule has 2 saturated heterocycles.